The van der Waals surface area contributed by atoms with E-state index in [0.29, 0.717) is 6.54 Å². The summed E-state index contributed by atoms with van der Waals surface area (Å²) in [5.74, 6) is 0.843. The summed E-state index contributed by atoms with van der Waals surface area (Å²) in [5, 5.41) is 2.87. The molecule has 2 rings (SSSR count). The number of nitrogens with one attached hydrogen (secondary N) is 1. The highest BCUT2D eigenvalue weighted by Gasteiger charge is 2.14. The van der Waals surface area contributed by atoms with Gasteiger partial charge in [0.25, 0.3) is 0 Å². The van der Waals surface area contributed by atoms with Gasteiger partial charge in [-0.25, -0.2) is 4.98 Å². The van der Waals surface area contributed by atoms with Crippen molar-refractivity contribution in [2.24, 2.45) is 5.73 Å². The van der Waals surface area contributed by atoms with Crippen molar-refractivity contribution >= 4 is 5.91 Å². The van der Waals surface area contributed by atoms with Gasteiger partial charge >= 0.3 is 0 Å². The van der Waals surface area contributed by atoms with E-state index in [1.54, 1.807) is 6.20 Å². The Morgan fingerprint density at radius 3 is 2.80 bits per heavy atom. The van der Waals surface area contributed by atoms with Crippen LogP contribution in [0.3, 0.4) is 0 Å². The number of carbonyl (C=O) groups is 1. The van der Waals surface area contributed by atoms with E-state index in [2.05, 4.69) is 14.9 Å². The van der Waals surface area contributed by atoms with Crippen LogP contribution < -0.4 is 11.1 Å². The molecule has 20 heavy (non-hydrogen) atoms. The molecule has 0 spiro atoms. The number of hydrogen-bond donors (Lipinski definition) is 2. The molecule has 0 fully saturated rings. The highest BCUT2D eigenvalue weighted by molar-refractivity contribution is 5.82. The second-order valence-electron chi connectivity index (χ2n) is 4.70. The number of nitrogens with zero attached hydrogens (tertiary/aromatic N) is 2. The largest absolute Gasteiger partial charge is 0.354 e. The maximum atomic E-state index is 11.9. The standard InChI is InChI=1S/C15H20N4O/c1-12-17-9-11-19(12)10-5-8-18-15(20)14(16)13-6-3-2-4-7-13/h2-4,6-7,9,11,14H,5,8,10,16H2,1H3,(H,18,20). The summed E-state index contributed by atoms with van der Waals surface area (Å²) in [6.45, 7) is 3.41. The zero-order valence-electron chi connectivity index (χ0n) is 11.6. The third-order valence-electron chi connectivity index (χ3n) is 3.24. The number of aromatic nitrogens is 2. The number of rotatable bonds is 6. The van der Waals surface area contributed by atoms with Crippen molar-refractivity contribution in [1.82, 2.24) is 14.9 Å². The average Bonchev–Trinajstić information content (AvgIpc) is 2.89. The van der Waals surface area contributed by atoms with Gasteiger partial charge in [0.1, 0.15) is 11.9 Å². The Kier molecular flexibility index (Phi) is 4.90. The molecule has 1 heterocycles. The van der Waals surface area contributed by atoms with Gasteiger partial charge in [0.15, 0.2) is 0 Å². The molecule has 106 valence electrons. The maximum Gasteiger partial charge on any atom is 0.241 e. The minimum Gasteiger partial charge on any atom is -0.354 e. The Morgan fingerprint density at radius 1 is 1.40 bits per heavy atom. The summed E-state index contributed by atoms with van der Waals surface area (Å²) in [7, 11) is 0. The minimum absolute atomic E-state index is 0.140. The first-order valence-electron chi connectivity index (χ1n) is 6.74. The predicted molar refractivity (Wildman–Crippen MR) is 78.0 cm³/mol. The molecule has 3 N–H and O–H groups in total. The lowest BCUT2D eigenvalue weighted by atomic mass is 10.1. The van der Waals surface area contributed by atoms with Crippen LogP contribution in [-0.2, 0) is 11.3 Å². The smallest absolute Gasteiger partial charge is 0.241 e. The molecule has 1 unspecified atom stereocenters. The van der Waals surface area contributed by atoms with Gasteiger partial charge in [0, 0.05) is 25.5 Å². The van der Waals surface area contributed by atoms with Crippen molar-refractivity contribution in [3.8, 4) is 0 Å². The SMILES string of the molecule is Cc1nccn1CCCNC(=O)C(N)c1ccccc1. The molecular formula is C15H20N4O. The van der Waals surface area contributed by atoms with Crippen molar-refractivity contribution in [2.75, 3.05) is 6.54 Å². The normalized spacial score (nSPS) is 12.1. The molecule has 1 aromatic heterocycles. The predicted octanol–water partition coefficient (Wildman–Crippen LogP) is 1.40. The molecule has 2 aromatic rings. The van der Waals surface area contributed by atoms with Crippen LogP contribution in [-0.4, -0.2) is 22.0 Å². The lowest BCUT2D eigenvalue weighted by molar-refractivity contribution is -0.122. The fourth-order valence-corrected chi connectivity index (χ4v) is 2.02. The van der Waals surface area contributed by atoms with Gasteiger partial charge in [0.2, 0.25) is 5.91 Å². The summed E-state index contributed by atoms with van der Waals surface area (Å²) in [6.07, 6.45) is 4.57. The van der Waals surface area contributed by atoms with Crippen molar-refractivity contribution in [3.05, 3.63) is 54.1 Å². The Hall–Kier alpha value is -2.14. The first-order chi connectivity index (χ1) is 9.68. The quantitative estimate of drug-likeness (QED) is 0.781. The zero-order valence-corrected chi connectivity index (χ0v) is 11.6. The van der Waals surface area contributed by atoms with Crippen LogP contribution >= 0.6 is 0 Å². The summed E-state index contributed by atoms with van der Waals surface area (Å²) in [6, 6.07) is 8.78. The minimum atomic E-state index is -0.605. The molecule has 0 aliphatic rings. The lowest BCUT2D eigenvalue weighted by Crippen LogP contribution is -2.34. The fourth-order valence-electron chi connectivity index (χ4n) is 2.02. The fraction of sp³-hybridized carbons (Fsp3) is 0.333. The summed E-state index contributed by atoms with van der Waals surface area (Å²) in [4.78, 5) is 16.1. The lowest BCUT2D eigenvalue weighted by Gasteiger charge is -2.12. The van der Waals surface area contributed by atoms with E-state index in [0.717, 1.165) is 24.4 Å². The second kappa shape index (κ2) is 6.86. The molecule has 0 saturated carbocycles. The van der Waals surface area contributed by atoms with E-state index >= 15 is 0 Å². The van der Waals surface area contributed by atoms with Crippen LogP contribution in [0.2, 0.25) is 0 Å². The molecule has 0 aliphatic heterocycles. The zero-order chi connectivity index (χ0) is 14.4. The van der Waals surface area contributed by atoms with Gasteiger partial charge in [-0.3, -0.25) is 4.79 Å². The number of benzene rings is 1. The highest BCUT2D eigenvalue weighted by atomic mass is 16.2. The van der Waals surface area contributed by atoms with E-state index in [-0.39, 0.29) is 5.91 Å². The maximum absolute atomic E-state index is 11.9. The number of aryl methyl sites for hydroxylation is 2. The van der Waals surface area contributed by atoms with Crippen LogP contribution in [0.15, 0.2) is 42.7 Å². The number of imidazole rings is 1. The van der Waals surface area contributed by atoms with Gasteiger partial charge in [-0.2, -0.15) is 0 Å². The molecule has 0 bridgehead atoms. The summed E-state index contributed by atoms with van der Waals surface area (Å²) < 4.78 is 2.06. The second-order valence-corrected chi connectivity index (χ2v) is 4.70. The number of nitrogens with two attached hydrogens (primary N) is 1. The number of amides is 1. The van der Waals surface area contributed by atoms with Gasteiger partial charge in [-0.1, -0.05) is 30.3 Å². The van der Waals surface area contributed by atoms with Crippen molar-refractivity contribution < 1.29 is 4.79 Å². The Bertz CT molecular complexity index is 550. The van der Waals surface area contributed by atoms with Gasteiger partial charge in [-0.15, -0.1) is 0 Å². The molecule has 1 atom stereocenters. The molecule has 1 amide bonds. The van der Waals surface area contributed by atoms with Gasteiger partial charge in [-0.05, 0) is 18.9 Å². The monoisotopic (exact) mass is 272 g/mol. The summed E-state index contributed by atoms with van der Waals surface area (Å²) in [5.41, 5.74) is 6.74. The van der Waals surface area contributed by atoms with Crippen molar-refractivity contribution in [3.63, 3.8) is 0 Å². The van der Waals surface area contributed by atoms with E-state index in [1.165, 1.54) is 0 Å². The Balaban J connectivity index is 1.74. The highest BCUT2D eigenvalue weighted by Crippen LogP contribution is 2.09. The third kappa shape index (κ3) is 3.68. The van der Waals surface area contributed by atoms with Gasteiger partial charge in [0.05, 0.1) is 0 Å². The van der Waals surface area contributed by atoms with Crippen LogP contribution in [0.1, 0.15) is 23.9 Å². The molecule has 0 aliphatic carbocycles. The molecule has 5 heteroatoms. The van der Waals surface area contributed by atoms with E-state index in [4.69, 9.17) is 5.73 Å². The van der Waals surface area contributed by atoms with Crippen LogP contribution in [0.5, 0.6) is 0 Å². The Labute approximate surface area is 118 Å². The summed E-state index contributed by atoms with van der Waals surface area (Å²) >= 11 is 0. The van der Waals surface area contributed by atoms with Crippen molar-refractivity contribution in [1.29, 1.82) is 0 Å². The molecule has 1 aromatic carbocycles. The van der Waals surface area contributed by atoms with Crippen molar-refractivity contribution in [2.45, 2.75) is 25.9 Å². The molecule has 0 radical (unpaired) electrons. The Morgan fingerprint density at radius 2 is 2.15 bits per heavy atom. The van der Waals surface area contributed by atoms with E-state index < -0.39 is 6.04 Å². The van der Waals surface area contributed by atoms with E-state index in [1.807, 2.05) is 43.5 Å². The van der Waals surface area contributed by atoms with Crippen LogP contribution in [0.25, 0.3) is 0 Å². The average molecular weight is 272 g/mol. The first-order valence-corrected chi connectivity index (χ1v) is 6.74. The molecule has 5 nitrogen and oxygen atoms in total. The molecular weight excluding hydrogens is 252 g/mol. The topological polar surface area (TPSA) is 72.9 Å². The third-order valence-corrected chi connectivity index (χ3v) is 3.24. The van der Waals surface area contributed by atoms with Crippen LogP contribution in [0.4, 0.5) is 0 Å². The number of carbonyl (C=O) groups excluding carboxylic acids is 1. The van der Waals surface area contributed by atoms with Crippen LogP contribution in [0, 0.1) is 6.92 Å². The van der Waals surface area contributed by atoms with Gasteiger partial charge < -0.3 is 15.6 Å². The first kappa shape index (κ1) is 14.3. The molecule has 0 saturated heterocycles. The van der Waals surface area contributed by atoms with E-state index in [9.17, 15) is 4.79 Å². The number of hydrogen-bond acceptors (Lipinski definition) is 3.